The molecule has 0 saturated heterocycles. The van der Waals surface area contributed by atoms with Crippen molar-refractivity contribution in [2.24, 2.45) is 0 Å². The Labute approximate surface area is 115 Å². The molecule has 1 N–H and O–H groups in total. The average Bonchev–Trinajstić information content (AvgIpc) is 2.44. The Balaban J connectivity index is 2.07. The van der Waals surface area contributed by atoms with Crippen LogP contribution in [0.15, 0.2) is 17.0 Å². The molecule has 0 bridgehead atoms. The molecule has 0 aliphatic carbocycles. The van der Waals surface area contributed by atoms with Gasteiger partial charge in [0.15, 0.2) is 11.5 Å². The summed E-state index contributed by atoms with van der Waals surface area (Å²) >= 11 is 0. The molecule has 2 heterocycles. The molecule has 0 saturated carbocycles. The lowest BCUT2D eigenvalue weighted by Gasteiger charge is -2.26. The standard InChI is InChI=1S/C12H13NO6S/c1-17-12(14)8-4-7-5-9-10(19-3-2-18-9)6-11(7)20(15,16)13-8/h5-6,8,13H,2-4H2,1H3/t8-/m0/s1. The van der Waals surface area contributed by atoms with E-state index < -0.39 is 22.0 Å². The number of fused-ring (bicyclic) bond motifs is 2. The van der Waals surface area contributed by atoms with Crippen molar-refractivity contribution < 1.29 is 27.4 Å². The summed E-state index contributed by atoms with van der Waals surface area (Å²) in [6.07, 6.45) is 0.220. The molecule has 108 valence electrons. The topological polar surface area (TPSA) is 90.9 Å². The molecule has 2 aliphatic rings. The number of sulfonamides is 1. The summed E-state index contributed by atoms with van der Waals surface area (Å²) in [5.74, 6) is 0.279. The highest BCUT2D eigenvalue weighted by Crippen LogP contribution is 2.37. The minimum atomic E-state index is -3.77. The summed E-state index contributed by atoms with van der Waals surface area (Å²) in [5, 5.41) is 0. The number of methoxy groups -OCH3 is 1. The largest absolute Gasteiger partial charge is 0.486 e. The van der Waals surface area contributed by atoms with Crippen LogP contribution in [-0.2, 0) is 26.0 Å². The monoisotopic (exact) mass is 299 g/mol. The maximum absolute atomic E-state index is 12.2. The van der Waals surface area contributed by atoms with Gasteiger partial charge in [-0.15, -0.1) is 0 Å². The maximum Gasteiger partial charge on any atom is 0.324 e. The van der Waals surface area contributed by atoms with Crippen molar-refractivity contribution in [1.82, 2.24) is 4.72 Å². The number of hydrogen-bond acceptors (Lipinski definition) is 6. The Morgan fingerprint density at radius 3 is 2.60 bits per heavy atom. The second kappa shape index (κ2) is 4.64. The summed E-state index contributed by atoms with van der Waals surface area (Å²) in [4.78, 5) is 11.7. The first-order valence-electron chi connectivity index (χ1n) is 6.04. The zero-order chi connectivity index (χ0) is 14.3. The van der Waals surface area contributed by atoms with Gasteiger partial charge in [0.05, 0.1) is 12.0 Å². The van der Waals surface area contributed by atoms with Gasteiger partial charge in [0.25, 0.3) is 0 Å². The Bertz CT molecular complexity index is 669. The minimum Gasteiger partial charge on any atom is -0.486 e. The molecule has 0 radical (unpaired) electrons. The lowest BCUT2D eigenvalue weighted by molar-refractivity contribution is -0.142. The third-order valence-electron chi connectivity index (χ3n) is 3.22. The van der Waals surface area contributed by atoms with Crippen LogP contribution >= 0.6 is 0 Å². The summed E-state index contributed by atoms with van der Waals surface area (Å²) in [6.45, 7) is 0.793. The van der Waals surface area contributed by atoms with Gasteiger partial charge in [0.2, 0.25) is 10.0 Å². The minimum absolute atomic E-state index is 0.113. The lowest BCUT2D eigenvalue weighted by Crippen LogP contribution is -2.46. The van der Waals surface area contributed by atoms with Crippen molar-refractivity contribution in [2.75, 3.05) is 20.3 Å². The van der Waals surface area contributed by atoms with Crippen LogP contribution in [0.4, 0.5) is 0 Å². The normalized spacial score (nSPS) is 22.8. The Kier molecular flexibility index (Phi) is 3.06. The number of benzene rings is 1. The third kappa shape index (κ3) is 2.10. The summed E-state index contributed by atoms with van der Waals surface area (Å²) in [6, 6.07) is 2.12. The van der Waals surface area contributed by atoms with Crippen LogP contribution < -0.4 is 14.2 Å². The van der Waals surface area contributed by atoms with E-state index >= 15 is 0 Å². The van der Waals surface area contributed by atoms with Crippen molar-refractivity contribution >= 4 is 16.0 Å². The van der Waals surface area contributed by atoms with Crippen LogP contribution in [0.2, 0.25) is 0 Å². The van der Waals surface area contributed by atoms with Crippen molar-refractivity contribution in [3.05, 3.63) is 17.7 Å². The second-order valence-corrected chi connectivity index (χ2v) is 6.19. The first kappa shape index (κ1) is 13.2. The van der Waals surface area contributed by atoms with Crippen LogP contribution in [0, 0.1) is 0 Å². The quantitative estimate of drug-likeness (QED) is 0.724. The fourth-order valence-electron chi connectivity index (χ4n) is 2.31. The molecule has 3 rings (SSSR count). The fourth-order valence-corrected chi connectivity index (χ4v) is 3.74. The van der Waals surface area contributed by atoms with Crippen LogP contribution in [0.5, 0.6) is 11.5 Å². The van der Waals surface area contributed by atoms with Gasteiger partial charge < -0.3 is 14.2 Å². The highest BCUT2D eigenvalue weighted by atomic mass is 32.2. The van der Waals surface area contributed by atoms with E-state index in [-0.39, 0.29) is 11.3 Å². The first-order valence-corrected chi connectivity index (χ1v) is 7.52. The van der Waals surface area contributed by atoms with Gasteiger partial charge in [-0.2, -0.15) is 4.72 Å². The molecular formula is C12H13NO6S. The van der Waals surface area contributed by atoms with Gasteiger partial charge in [0, 0.05) is 12.5 Å². The van der Waals surface area contributed by atoms with Crippen molar-refractivity contribution in [2.45, 2.75) is 17.4 Å². The van der Waals surface area contributed by atoms with Crippen LogP contribution in [-0.4, -0.2) is 40.8 Å². The Morgan fingerprint density at radius 2 is 1.95 bits per heavy atom. The van der Waals surface area contributed by atoms with Gasteiger partial charge in [-0.05, 0) is 11.6 Å². The number of rotatable bonds is 1. The van der Waals surface area contributed by atoms with Crippen molar-refractivity contribution in [3.63, 3.8) is 0 Å². The maximum atomic E-state index is 12.2. The van der Waals surface area contributed by atoms with Gasteiger partial charge in [0.1, 0.15) is 19.3 Å². The molecule has 0 fully saturated rings. The van der Waals surface area contributed by atoms with Gasteiger partial charge in [-0.1, -0.05) is 0 Å². The predicted octanol–water partition coefficient (Wildman–Crippen LogP) is -0.166. The van der Waals surface area contributed by atoms with E-state index in [1.165, 1.54) is 13.2 Å². The zero-order valence-corrected chi connectivity index (χ0v) is 11.5. The van der Waals surface area contributed by atoms with E-state index in [9.17, 15) is 13.2 Å². The second-order valence-electron chi connectivity index (χ2n) is 4.50. The predicted molar refractivity (Wildman–Crippen MR) is 67.3 cm³/mol. The number of carbonyl (C=O) groups excluding carboxylic acids is 1. The van der Waals surface area contributed by atoms with E-state index in [1.807, 2.05) is 0 Å². The summed E-state index contributed by atoms with van der Waals surface area (Å²) in [7, 11) is -2.55. The molecule has 1 aromatic rings. The number of ether oxygens (including phenoxy) is 3. The van der Waals surface area contributed by atoms with E-state index in [0.717, 1.165) is 0 Å². The smallest absolute Gasteiger partial charge is 0.324 e. The zero-order valence-electron chi connectivity index (χ0n) is 10.7. The van der Waals surface area contributed by atoms with Gasteiger partial charge in [-0.25, -0.2) is 8.42 Å². The van der Waals surface area contributed by atoms with Crippen molar-refractivity contribution in [1.29, 1.82) is 0 Å². The highest BCUT2D eigenvalue weighted by molar-refractivity contribution is 7.89. The number of nitrogens with one attached hydrogen (secondary N) is 1. The van der Waals surface area contributed by atoms with Crippen LogP contribution in [0.25, 0.3) is 0 Å². The molecule has 20 heavy (non-hydrogen) atoms. The molecule has 1 aromatic carbocycles. The highest BCUT2D eigenvalue weighted by Gasteiger charge is 2.35. The van der Waals surface area contributed by atoms with Crippen LogP contribution in [0.1, 0.15) is 5.56 Å². The van der Waals surface area contributed by atoms with Gasteiger partial charge in [-0.3, -0.25) is 4.79 Å². The number of carbonyl (C=O) groups is 1. The molecule has 8 heteroatoms. The molecule has 0 amide bonds. The molecule has 7 nitrogen and oxygen atoms in total. The number of esters is 1. The summed E-state index contributed by atoms with van der Waals surface area (Å²) in [5.41, 5.74) is 0.517. The van der Waals surface area contributed by atoms with E-state index in [0.29, 0.717) is 30.3 Å². The fraction of sp³-hybridized carbons (Fsp3) is 0.417. The van der Waals surface area contributed by atoms with Gasteiger partial charge >= 0.3 is 5.97 Å². The van der Waals surface area contributed by atoms with E-state index in [1.54, 1.807) is 6.07 Å². The molecule has 0 spiro atoms. The molecule has 2 aliphatic heterocycles. The molecule has 1 atom stereocenters. The van der Waals surface area contributed by atoms with E-state index in [2.05, 4.69) is 9.46 Å². The first-order chi connectivity index (χ1) is 9.51. The average molecular weight is 299 g/mol. The summed E-state index contributed by atoms with van der Waals surface area (Å²) < 4.78 is 42.0. The SMILES string of the molecule is COC(=O)[C@@H]1Cc2cc3c(cc2S(=O)(=O)N1)OCCO3. The number of hydrogen-bond donors (Lipinski definition) is 1. The van der Waals surface area contributed by atoms with E-state index in [4.69, 9.17) is 9.47 Å². The van der Waals surface area contributed by atoms with Crippen LogP contribution in [0.3, 0.4) is 0 Å². The van der Waals surface area contributed by atoms with Crippen molar-refractivity contribution in [3.8, 4) is 11.5 Å². The molecule has 0 unspecified atom stereocenters. The third-order valence-corrected chi connectivity index (χ3v) is 4.78. The Hall–Kier alpha value is -1.80. The lowest BCUT2D eigenvalue weighted by atomic mass is 10.1. The molecule has 0 aromatic heterocycles. The molecular weight excluding hydrogens is 286 g/mol. The Morgan fingerprint density at radius 1 is 1.30 bits per heavy atom.